The molecule has 1 saturated carbocycles. The number of amides is 1. The number of nitrogens with zero attached hydrogens (tertiary/aromatic N) is 2. The fourth-order valence-corrected chi connectivity index (χ4v) is 4.27. The summed E-state index contributed by atoms with van der Waals surface area (Å²) < 4.78 is 5.48. The molecule has 1 aromatic rings. The first-order chi connectivity index (χ1) is 15.1. The molecule has 7 nitrogen and oxygen atoms in total. The van der Waals surface area contributed by atoms with Gasteiger partial charge in [0, 0.05) is 52.0 Å². The van der Waals surface area contributed by atoms with Crippen LogP contribution < -0.4 is 10.6 Å². The van der Waals surface area contributed by atoms with E-state index in [0.717, 1.165) is 32.4 Å². The number of aliphatic imine (C=N–C) groups is 1. The summed E-state index contributed by atoms with van der Waals surface area (Å²) >= 11 is 0. The van der Waals surface area contributed by atoms with Crippen molar-refractivity contribution in [1.29, 1.82) is 0 Å². The van der Waals surface area contributed by atoms with Gasteiger partial charge in [-0.15, -0.1) is 24.0 Å². The maximum Gasteiger partial charge on any atom is 0.306 e. The SMILES string of the molecule is CN=C(NCCCC(=O)OC1CCCC1)NCC1CC(=O)N(CCc2ccccc2)C1.I. The molecule has 1 aliphatic carbocycles. The fourth-order valence-electron chi connectivity index (χ4n) is 4.27. The van der Waals surface area contributed by atoms with Gasteiger partial charge in [-0.1, -0.05) is 30.3 Å². The highest BCUT2D eigenvalue weighted by Crippen LogP contribution is 2.21. The lowest BCUT2D eigenvalue weighted by Gasteiger charge is -2.18. The summed E-state index contributed by atoms with van der Waals surface area (Å²) in [5.74, 6) is 1.12. The molecule has 8 heteroatoms. The molecule has 1 aromatic carbocycles. The smallest absolute Gasteiger partial charge is 0.306 e. The predicted molar refractivity (Wildman–Crippen MR) is 137 cm³/mol. The van der Waals surface area contributed by atoms with Gasteiger partial charge >= 0.3 is 5.97 Å². The van der Waals surface area contributed by atoms with Crippen LogP contribution in [0.2, 0.25) is 0 Å². The first-order valence-corrected chi connectivity index (χ1v) is 11.6. The van der Waals surface area contributed by atoms with Crippen molar-refractivity contribution in [3.63, 3.8) is 0 Å². The molecule has 1 saturated heterocycles. The van der Waals surface area contributed by atoms with E-state index in [1.54, 1.807) is 7.05 Å². The summed E-state index contributed by atoms with van der Waals surface area (Å²) in [6.45, 7) is 2.91. The molecule has 1 aliphatic heterocycles. The number of rotatable bonds is 10. The second kappa shape index (κ2) is 14.3. The molecule has 2 aliphatic rings. The highest BCUT2D eigenvalue weighted by molar-refractivity contribution is 14.0. The molecule has 3 rings (SSSR count). The van der Waals surface area contributed by atoms with Crippen molar-refractivity contribution >= 4 is 41.8 Å². The summed E-state index contributed by atoms with van der Waals surface area (Å²) in [4.78, 5) is 30.4. The zero-order valence-corrected chi connectivity index (χ0v) is 21.4. The Hall–Kier alpha value is -1.84. The molecule has 1 amide bonds. The Morgan fingerprint density at radius 2 is 1.94 bits per heavy atom. The van der Waals surface area contributed by atoms with E-state index in [2.05, 4.69) is 27.8 Å². The molecule has 178 valence electrons. The predicted octanol–water partition coefficient (Wildman–Crippen LogP) is 3.13. The number of carbonyl (C=O) groups is 2. The van der Waals surface area contributed by atoms with Crippen LogP contribution in [-0.4, -0.2) is 62.1 Å². The summed E-state index contributed by atoms with van der Waals surface area (Å²) in [7, 11) is 1.73. The number of guanidine groups is 1. The van der Waals surface area contributed by atoms with Crippen LogP contribution in [0.5, 0.6) is 0 Å². The zero-order valence-electron chi connectivity index (χ0n) is 19.1. The summed E-state index contributed by atoms with van der Waals surface area (Å²) in [5, 5.41) is 6.56. The van der Waals surface area contributed by atoms with Crippen molar-refractivity contribution in [3.05, 3.63) is 35.9 Å². The Kier molecular flexibility index (Phi) is 11.8. The van der Waals surface area contributed by atoms with E-state index in [1.807, 2.05) is 23.1 Å². The van der Waals surface area contributed by atoms with Gasteiger partial charge in [0.1, 0.15) is 6.10 Å². The monoisotopic (exact) mass is 556 g/mol. The molecule has 0 aromatic heterocycles. The van der Waals surface area contributed by atoms with Crippen molar-refractivity contribution in [2.24, 2.45) is 10.9 Å². The summed E-state index contributed by atoms with van der Waals surface area (Å²) in [6, 6.07) is 10.3. The normalized spacial score (nSPS) is 19.0. The van der Waals surface area contributed by atoms with Gasteiger partial charge in [0.2, 0.25) is 5.91 Å². The van der Waals surface area contributed by atoms with Crippen LogP contribution in [0.25, 0.3) is 0 Å². The molecule has 0 bridgehead atoms. The summed E-state index contributed by atoms with van der Waals surface area (Å²) in [6.07, 6.45) is 7.08. The van der Waals surface area contributed by atoms with Crippen LogP contribution in [0.15, 0.2) is 35.3 Å². The van der Waals surface area contributed by atoms with Gasteiger partial charge in [0.25, 0.3) is 0 Å². The number of nitrogens with one attached hydrogen (secondary N) is 2. The van der Waals surface area contributed by atoms with Crippen molar-refractivity contribution < 1.29 is 14.3 Å². The third kappa shape index (κ3) is 8.96. The molecule has 2 N–H and O–H groups in total. The van der Waals surface area contributed by atoms with Crippen molar-refractivity contribution in [2.75, 3.05) is 33.2 Å². The van der Waals surface area contributed by atoms with Crippen molar-refractivity contribution in [3.8, 4) is 0 Å². The maximum atomic E-state index is 12.3. The highest BCUT2D eigenvalue weighted by atomic mass is 127. The topological polar surface area (TPSA) is 83.0 Å². The quantitative estimate of drug-likeness (QED) is 0.152. The van der Waals surface area contributed by atoms with Crippen LogP contribution >= 0.6 is 24.0 Å². The number of likely N-dealkylation sites (tertiary alicyclic amines) is 1. The van der Waals surface area contributed by atoms with E-state index in [0.29, 0.717) is 38.3 Å². The number of benzene rings is 1. The number of carbonyl (C=O) groups excluding carboxylic acids is 2. The Labute approximate surface area is 208 Å². The molecular weight excluding hydrogens is 519 g/mol. The average Bonchev–Trinajstić information content (AvgIpc) is 3.41. The average molecular weight is 556 g/mol. The van der Waals surface area contributed by atoms with Crippen LogP contribution in [0.3, 0.4) is 0 Å². The van der Waals surface area contributed by atoms with Crippen molar-refractivity contribution in [1.82, 2.24) is 15.5 Å². The maximum absolute atomic E-state index is 12.3. The number of halogens is 1. The van der Waals surface area contributed by atoms with E-state index in [9.17, 15) is 9.59 Å². The second-order valence-corrected chi connectivity index (χ2v) is 8.53. The first-order valence-electron chi connectivity index (χ1n) is 11.6. The standard InChI is InChI=1S/C24H36N4O3.HI/c1-25-24(26-14-7-12-23(30)31-21-10-5-6-11-21)27-17-20-16-22(29)28(18-20)15-13-19-8-3-2-4-9-19;/h2-4,8-9,20-21H,5-7,10-18H2,1H3,(H2,25,26,27);1H. The Morgan fingerprint density at radius 3 is 2.66 bits per heavy atom. The number of esters is 1. The van der Waals surface area contributed by atoms with E-state index < -0.39 is 0 Å². The fraction of sp³-hybridized carbons (Fsp3) is 0.625. The van der Waals surface area contributed by atoms with Gasteiger partial charge in [-0.2, -0.15) is 0 Å². The molecule has 0 spiro atoms. The van der Waals surface area contributed by atoms with E-state index in [4.69, 9.17) is 4.74 Å². The lowest BCUT2D eigenvalue weighted by atomic mass is 10.1. The second-order valence-electron chi connectivity index (χ2n) is 8.53. The molecule has 1 unspecified atom stereocenters. The molecule has 2 fully saturated rings. The zero-order chi connectivity index (χ0) is 21.9. The third-order valence-corrected chi connectivity index (χ3v) is 6.04. The minimum Gasteiger partial charge on any atom is -0.462 e. The highest BCUT2D eigenvalue weighted by Gasteiger charge is 2.29. The summed E-state index contributed by atoms with van der Waals surface area (Å²) in [5.41, 5.74) is 1.26. The molecule has 1 atom stereocenters. The van der Waals surface area contributed by atoms with Crippen LogP contribution in [0, 0.1) is 5.92 Å². The Morgan fingerprint density at radius 1 is 1.19 bits per heavy atom. The lowest BCUT2D eigenvalue weighted by Crippen LogP contribution is -2.40. The van der Waals surface area contributed by atoms with Crippen LogP contribution in [0.1, 0.15) is 50.5 Å². The molecule has 1 heterocycles. The third-order valence-electron chi connectivity index (χ3n) is 6.04. The van der Waals surface area contributed by atoms with Crippen LogP contribution in [0.4, 0.5) is 0 Å². The van der Waals surface area contributed by atoms with Gasteiger partial charge in [-0.25, -0.2) is 0 Å². The molecule has 0 radical (unpaired) electrons. The number of hydrogen-bond donors (Lipinski definition) is 2. The van der Waals surface area contributed by atoms with Crippen molar-refractivity contribution in [2.45, 2.75) is 57.5 Å². The van der Waals surface area contributed by atoms with Gasteiger partial charge in [0.05, 0.1) is 0 Å². The van der Waals surface area contributed by atoms with E-state index in [1.165, 1.54) is 18.4 Å². The molecule has 32 heavy (non-hydrogen) atoms. The van der Waals surface area contributed by atoms with Gasteiger partial charge in [0.15, 0.2) is 5.96 Å². The van der Waals surface area contributed by atoms with E-state index in [-0.39, 0.29) is 47.9 Å². The molecular formula is C24H37IN4O3. The minimum atomic E-state index is -0.100. The first kappa shape index (κ1) is 26.4. The van der Waals surface area contributed by atoms with Gasteiger partial charge in [-0.05, 0) is 44.1 Å². The van der Waals surface area contributed by atoms with Crippen LogP contribution in [-0.2, 0) is 20.7 Å². The number of hydrogen-bond acceptors (Lipinski definition) is 4. The van der Waals surface area contributed by atoms with Gasteiger partial charge in [-0.3, -0.25) is 14.6 Å². The Bertz CT molecular complexity index is 738. The Balaban J connectivity index is 0.00000363. The lowest BCUT2D eigenvalue weighted by molar-refractivity contribution is -0.148. The largest absolute Gasteiger partial charge is 0.462 e. The minimum absolute atomic E-state index is 0. The number of ether oxygens (including phenoxy) is 1. The van der Waals surface area contributed by atoms with E-state index >= 15 is 0 Å². The van der Waals surface area contributed by atoms with Gasteiger partial charge < -0.3 is 20.3 Å².